The third kappa shape index (κ3) is 2.89. The Hall–Kier alpha value is -1.83. The van der Waals surface area contributed by atoms with Crippen LogP contribution < -0.4 is 0 Å². The van der Waals surface area contributed by atoms with Crippen LogP contribution in [-0.4, -0.2) is 9.97 Å². The summed E-state index contributed by atoms with van der Waals surface area (Å²) in [5.41, 5.74) is 3.38. The van der Waals surface area contributed by atoms with Crippen molar-refractivity contribution in [2.75, 3.05) is 0 Å². The zero-order valence-electron chi connectivity index (χ0n) is 11.7. The lowest BCUT2D eigenvalue weighted by molar-refractivity contribution is 1.31. The third-order valence-electron chi connectivity index (χ3n) is 2.48. The Bertz CT molecular complexity index is 533. The molecule has 1 N–H and O–H groups in total. The molecule has 0 fully saturated rings. The van der Waals surface area contributed by atoms with Gasteiger partial charge in [0.15, 0.2) is 0 Å². The van der Waals surface area contributed by atoms with Crippen LogP contribution in [0.4, 0.5) is 0 Å². The van der Waals surface area contributed by atoms with Crippen LogP contribution in [0.5, 0.6) is 0 Å². The molecule has 0 saturated heterocycles. The minimum absolute atomic E-state index is 0.966. The number of aromatic nitrogens is 2. The molecular formula is C16H22N2. The molecule has 2 aromatic heterocycles. The number of pyridine rings is 1. The Morgan fingerprint density at radius 3 is 2.56 bits per heavy atom. The molecule has 0 aliphatic heterocycles. The molecule has 1 aliphatic rings. The van der Waals surface area contributed by atoms with Crippen LogP contribution in [0.2, 0.25) is 0 Å². The minimum Gasteiger partial charge on any atom is -0.339 e. The van der Waals surface area contributed by atoms with E-state index in [0.29, 0.717) is 0 Å². The van der Waals surface area contributed by atoms with Gasteiger partial charge < -0.3 is 4.98 Å². The van der Waals surface area contributed by atoms with Crippen LogP contribution in [0, 0.1) is 0 Å². The summed E-state index contributed by atoms with van der Waals surface area (Å²) in [6, 6.07) is 4.07. The fourth-order valence-electron chi connectivity index (χ4n) is 1.82. The van der Waals surface area contributed by atoms with Crippen molar-refractivity contribution in [3.05, 3.63) is 41.7 Å². The first-order chi connectivity index (χ1) is 8.95. The van der Waals surface area contributed by atoms with Crippen molar-refractivity contribution in [3.63, 3.8) is 0 Å². The standard InChI is InChI=1S/C12H10N2.2C2H6/c1-2-5-9-10-6-4-8-13-12(10)14-11(9)7-3-1;2*1-2/h2-8H,1H2,(H,13,14);2*1-2H3. The predicted octanol–water partition coefficient (Wildman–Crippen LogP) is 5.05. The van der Waals surface area contributed by atoms with Gasteiger partial charge in [0.2, 0.25) is 0 Å². The van der Waals surface area contributed by atoms with E-state index in [1.165, 1.54) is 10.9 Å². The highest BCUT2D eigenvalue weighted by Crippen LogP contribution is 2.25. The van der Waals surface area contributed by atoms with Crippen molar-refractivity contribution >= 4 is 23.2 Å². The number of allylic oxidation sites excluding steroid dienone is 2. The van der Waals surface area contributed by atoms with E-state index in [1.807, 2.05) is 40.0 Å². The minimum atomic E-state index is 0.966. The fraction of sp³-hybridized carbons (Fsp3) is 0.312. The van der Waals surface area contributed by atoms with Gasteiger partial charge in [0.25, 0.3) is 0 Å². The summed E-state index contributed by atoms with van der Waals surface area (Å²) in [5.74, 6) is 0. The van der Waals surface area contributed by atoms with Gasteiger partial charge in [-0.2, -0.15) is 0 Å². The normalized spacial score (nSPS) is 11.8. The summed E-state index contributed by atoms with van der Waals surface area (Å²) >= 11 is 0. The molecule has 0 aromatic carbocycles. The summed E-state index contributed by atoms with van der Waals surface area (Å²) in [7, 11) is 0. The Balaban J connectivity index is 0.000000371. The molecule has 0 spiro atoms. The molecule has 0 amide bonds. The maximum atomic E-state index is 4.29. The first-order valence-corrected chi connectivity index (χ1v) is 6.75. The van der Waals surface area contributed by atoms with E-state index in [1.54, 1.807) is 0 Å². The number of hydrogen-bond donors (Lipinski definition) is 1. The fourth-order valence-corrected chi connectivity index (χ4v) is 1.82. The number of H-pyrrole nitrogens is 1. The second-order valence-corrected chi connectivity index (χ2v) is 3.39. The molecule has 1 aliphatic carbocycles. The van der Waals surface area contributed by atoms with Gasteiger partial charge in [-0.25, -0.2) is 4.98 Å². The zero-order valence-corrected chi connectivity index (χ0v) is 11.7. The summed E-state index contributed by atoms with van der Waals surface area (Å²) in [6.45, 7) is 8.00. The maximum absolute atomic E-state index is 4.29. The van der Waals surface area contributed by atoms with Crippen molar-refractivity contribution in [2.45, 2.75) is 34.1 Å². The van der Waals surface area contributed by atoms with Crippen LogP contribution in [0.15, 0.2) is 30.5 Å². The Morgan fingerprint density at radius 1 is 1.06 bits per heavy atom. The average molecular weight is 242 g/mol. The van der Waals surface area contributed by atoms with Crippen molar-refractivity contribution in [1.29, 1.82) is 0 Å². The summed E-state index contributed by atoms with van der Waals surface area (Å²) < 4.78 is 0. The molecule has 3 rings (SSSR count). The van der Waals surface area contributed by atoms with E-state index in [4.69, 9.17) is 0 Å². The number of aromatic amines is 1. The van der Waals surface area contributed by atoms with Crippen molar-refractivity contribution in [3.8, 4) is 0 Å². The Kier molecular flexibility index (Phi) is 5.92. The third-order valence-corrected chi connectivity index (χ3v) is 2.48. The Labute approximate surface area is 109 Å². The molecule has 0 atom stereocenters. The number of fused-ring (bicyclic) bond motifs is 3. The molecule has 0 unspecified atom stereocenters. The first kappa shape index (κ1) is 14.2. The van der Waals surface area contributed by atoms with E-state index in [2.05, 4.69) is 40.3 Å². The molecule has 96 valence electrons. The van der Waals surface area contributed by atoms with Gasteiger partial charge in [0.1, 0.15) is 5.65 Å². The summed E-state index contributed by atoms with van der Waals surface area (Å²) in [4.78, 5) is 7.60. The smallest absolute Gasteiger partial charge is 0.138 e. The number of nitrogens with one attached hydrogen (secondary N) is 1. The quantitative estimate of drug-likeness (QED) is 0.688. The van der Waals surface area contributed by atoms with Gasteiger partial charge in [-0.3, -0.25) is 0 Å². The van der Waals surface area contributed by atoms with Crippen molar-refractivity contribution in [2.24, 2.45) is 0 Å². The number of nitrogens with zero attached hydrogens (tertiary/aromatic N) is 1. The van der Waals surface area contributed by atoms with E-state index in [0.717, 1.165) is 17.8 Å². The molecule has 2 heterocycles. The second-order valence-electron chi connectivity index (χ2n) is 3.39. The molecule has 0 radical (unpaired) electrons. The highest BCUT2D eigenvalue weighted by molar-refractivity contribution is 5.91. The lowest BCUT2D eigenvalue weighted by Crippen LogP contribution is -1.73. The largest absolute Gasteiger partial charge is 0.339 e. The zero-order chi connectivity index (χ0) is 13.4. The Morgan fingerprint density at radius 2 is 1.78 bits per heavy atom. The average Bonchev–Trinajstić information content (AvgIpc) is 2.65. The number of hydrogen-bond acceptors (Lipinski definition) is 1. The van der Waals surface area contributed by atoms with Gasteiger partial charge in [0.05, 0.1) is 0 Å². The molecule has 2 aromatic rings. The highest BCUT2D eigenvalue weighted by Gasteiger charge is 2.07. The lowest BCUT2D eigenvalue weighted by atomic mass is 10.1. The van der Waals surface area contributed by atoms with Crippen LogP contribution in [0.25, 0.3) is 23.2 Å². The van der Waals surface area contributed by atoms with Crippen molar-refractivity contribution in [1.82, 2.24) is 9.97 Å². The molecule has 2 heteroatoms. The number of rotatable bonds is 0. The van der Waals surface area contributed by atoms with Crippen LogP contribution >= 0.6 is 0 Å². The molecular weight excluding hydrogens is 220 g/mol. The molecule has 18 heavy (non-hydrogen) atoms. The van der Waals surface area contributed by atoms with Crippen LogP contribution in [-0.2, 0) is 0 Å². The maximum Gasteiger partial charge on any atom is 0.138 e. The summed E-state index contributed by atoms with van der Waals surface area (Å²) in [6.07, 6.45) is 11.4. The van der Waals surface area contributed by atoms with Gasteiger partial charge in [0, 0.05) is 22.8 Å². The van der Waals surface area contributed by atoms with Gasteiger partial charge in [-0.05, 0) is 24.6 Å². The van der Waals surface area contributed by atoms with E-state index >= 15 is 0 Å². The molecule has 2 nitrogen and oxygen atoms in total. The SMILES string of the molecule is C1=Cc2[nH]c3ncccc3c2C=CC1.CC.CC. The highest BCUT2D eigenvalue weighted by atomic mass is 14.9. The van der Waals surface area contributed by atoms with Crippen LogP contribution in [0.1, 0.15) is 45.4 Å². The monoisotopic (exact) mass is 242 g/mol. The molecule has 0 saturated carbocycles. The molecule has 0 bridgehead atoms. The van der Waals surface area contributed by atoms with E-state index in [9.17, 15) is 0 Å². The van der Waals surface area contributed by atoms with E-state index < -0.39 is 0 Å². The lowest BCUT2D eigenvalue weighted by Gasteiger charge is -1.90. The summed E-state index contributed by atoms with van der Waals surface area (Å²) in [5, 5.41) is 1.20. The second kappa shape index (κ2) is 7.49. The first-order valence-electron chi connectivity index (χ1n) is 6.75. The van der Waals surface area contributed by atoms with Gasteiger partial charge >= 0.3 is 0 Å². The predicted molar refractivity (Wildman–Crippen MR) is 81.5 cm³/mol. The van der Waals surface area contributed by atoms with Crippen LogP contribution in [0.3, 0.4) is 0 Å². The van der Waals surface area contributed by atoms with E-state index in [-0.39, 0.29) is 0 Å². The van der Waals surface area contributed by atoms with Gasteiger partial charge in [-0.15, -0.1) is 0 Å². The van der Waals surface area contributed by atoms with Gasteiger partial charge in [-0.1, -0.05) is 45.9 Å². The van der Waals surface area contributed by atoms with Crippen molar-refractivity contribution < 1.29 is 0 Å². The topological polar surface area (TPSA) is 28.7 Å².